The van der Waals surface area contributed by atoms with E-state index in [0.29, 0.717) is 30.5 Å². The van der Waals surface area contributed by atoms with E-state index in [2.05, 4.69) is 17.2 Å². The first-order valence-electron chi connectivity index (χ1n) is 7.49. The van der Waals surface area contributed by atoms with Crippen LogP contribution in [0.25, 0.3) is 0 Å². The van der Waals surface area contributed by atoms with Crippen LogP contribution in [0.5, 0.6) is 0 Å². The number of piperidine rings is 1. The van der Waals surface area contributed by atoms with E-state index in [1.165, 1.54) is 6.20 Å². The van der Waals surface area contributed by atoms with Crippen molar-refractivity contribution in [3.63, 3.8) is 0 Å². The van der Waals surface area contributed by atoms with Gasteiger partial charge in [-0.3, -0.25) is 4.79 Å². The maximum Gasteiger partial charge on any atom is 0.272 e. The van der Waals surface area contributed by atoms with Crippen molar-refractivity contribution in [2.24, 2.45) is 5.92 Å². The number of aryl methyl sites for hydroxylation is 1. The third-order valence-electron chi connectivity index (χ3n) is 3.89. The van der Waals surface area contributed by atoms with E-state index in [0.717, 1.165) is 24.8 Å². The molecule has 1 aliphatic rings. The highest BCUT2D eigenvalue weighted by Crippen LogP contribution is 2.18. The molecule has 0 radical (unpaired) electrons. The molecule has 0 spiro atoms. The Morgan fingerprint density at radius 3 is 3.10 bits per heavy atom. The smallest absolute Gasteiger partial charge is 0.272 e. The molecule has 1 aliphatic heterocycles. The summed E-state index contributed by atoms with van der Waals surface area (Å²) in [5, 5.41) is 12.9. The fourth-order valence-electron chi connectivity index (χ4n) is 2.67. The molecule has 0 bridgehead atoms. The number of carbonyl (C=O) groups excluding carboxylic acids is 1. The number of nitrogen functional groups attached to an aromatic ring is 1. The predicted octanol–water partition coefficient (Wildman–Crippen LogP) is 1.21. The van der Waals surface area contributed by atoms with Gasteiger partial charge in [0.1, 0.15) is 5.82 Å². The van der Waals surface area contributed by atoms with Crippen LogP contribution < -0.4 is 11.1 Å². The average molecular weight is 292 g/mol. The van der Waals surface area contributed by atoms with Crippen molar-refractivity contribution in [3.8, 4) is 0 Å². The average Bonchev–Trinajstić information content (AvgIpc) is 2.48. The van der Waals surface area contributed by atoms with E-state index in [-0.39, 0.29) is 5.91 Å². The fourth-order valence-corrected chi connectivity index (χ4v) is 2.67. The number of hydrogen-bond donors (Lipinski definition) is 3. The molecular weight excluding hydrogens is 268 g/mol. The van der Waals surface area contributed by atoms with Gasteiger partial charge >= 0.3 is 0 Å². The highest BCUT2D eigenvalue weighted by atomic mass is 16.3. The predicted molar refractivity (Wildman–Crippen MR) is 82.6 cm³/mol. The first-order valence-corrected chi connectivity index (χ1v) is 7.49. The number of nitrogens with zero attached hydrogens (tertiary/aromatic N) is 2. The molecular formula is C15H24N4O2. The summed E-state index contributed by atoms with van der Waals surface area (Å²) in [6.45, 7) is 5.52. The zero-order chi connectivity index (χ0) is 15.4. The molecule has 0 aromatic carbocycles. The van der Waals surface area contributed by atoms with Crippen molar-refractivity contribution in [2.75, 3.05) is 24.1 Å². The number of amides is 1. The van der Waals surface area contributed by atoms with Crippen LogP contribution in [0.4, 0.5) is 11.5 Å². The second kappa shape index (κ2) is 6.76. The number of aliphatic hydroxyl groups is 1. The molecule has 1 saturated heterocycles. The molecule has 0 aliphatic carbocycles. The summed E-state index contributed by atoms with van der Waals surface area (Å²) in [5.41, 5.74) is 7.24. The SMILES string of the molecule is CCc1cc(NC(O)C(=O)N2CCC[C@H](C)C2)cnc1N. The molecule has 2 rings (SSSR count). The molecule has 2 atom stereocenters. The molecule has 1 aromatic heterocycles. The Morgan fingerprint density at radius 2 is 2.43 bits per heavy atom. The van der Waals surface area contributed by atoms with E-state index in [1.54, 1.807) is 4.90 Å². The van der Waals surface area contributed by atoms with Crippen molar-refractivity contribution < 1.29 is 9.90 Å². The lowest BCUT2D eigenvalue weighted by Gasteiger charge is -2.32. The Morgan fingerprint density at radius 1 is 1.67 bits per heavy atom. The zero-order valence-corrected chi connectivity index (χ0v) is 12.7. The Balaban J connectivity index is 2.00. The third kappa shape index (κ3) is 3.85. The molecule has 0 saturated carbocycles. The van der Waals surface area contributed by atoms with Gasteiger partial charge in [0.15, 0.2) is 0 Å². The molecule has 1 unspecified atom stereocenters. The molecule has 4 N–H and O–H groups in total. The van der Waals surface area contributed by atoms with E-state index in [9.17, 15) is 9.90 Å². The van der Waals surface area contributed by atoms with Gasteiger partial charge in [0, 0.05) is 13.1 Å². The summed E-state index contributed by atoms with van der Waals surface area (Å²) < 4.78 is 0. The van der Waals surface area contributed by atoms with Gasteiger partial charge in [-0.05, 0) is 36.8 Å². The molecule has 6 heteroatoms. The number of hydrogen-bond acceptors (Lipinski definition) is 5. The van der Waals surface area contributed by atoms with Gasteiger partial charge in [0.25, 0.3) is 5.91 Å². The van der Waals surface area contributed by atoms with Crippen LogP contribution in [-0.2, 0) is 11.2 Å². The van der Waals surface area contributed by atoms with Gasteiger partial charge in [-0.1, -0.05) is 13.8 Å². The number of carbonyl (C=O) groups is 1. The van der Waals surface area contributed by atoms with Crippen LogP contribution in [0, 0.1) is 5.92 Å². The summed E-state index contributed by atoms with van der Waals surface area (Å²) in [5.74, 6) is 0.685. The Labute approximate surface area is 125 Å². The first-order chi connectivity index (χ1) is 10.0. The van der Waals surface area contributed by atoms with Crippen molar-refractivity contribution in [1.82, 2.24) is 9.88 Å². The maximum absolute atomic E-state index is 12.2. The largest absolute Gasteiger partial charge is 0.383 e. The summed E-state index contributed by atoms with van der Waals surface area (Å²) in [6.07, 6.45) is 3.16. The van der Waals surface area contributed by atoms with E-state index >= 15 is 0 Å². The Hall–Kier alpha value is -1.82. The Bertz CT molecular complexity index is 506. The van der Waals surface area contributed by atoms with Gasteiger partial charge in [0.05, 0.1) is 11.9 Å². The molecule has 1 amide bonds. The first kappa shape index (κ1) is 15.6. The van der Waals surface area contributed by atoms with E-state index in [4.69, 9.17) is 5.73 Å². The summed E-state index contributed by atoms with van der Waals surface area (Å²) in [6, 6.07) is 1.82. The minimum Gasteiger partial charge on any atom is -0.383 e. The molecule has 2 heterocycles. The van der Waals surface area contributed by atoms with Gasteiger partial charge in [-0.2, -0.15) is 0 Å². The van der Waals surface area contributed by atoms with Gasteiger partial charge in [-0.15, -0.1) is 0 Å². The minimum absolute atomic E-state index is 0.281. The van der Waals surface area contributed by atoms with Crippen LogP contribution >= 0.6 is 0 Å². The molecule has 1 fully saturated rings. The van der Waals surface area contributed by atoms with Gasteiger partial charge in [-0.25, -0.2) is 4.98 Å². The molecule has 21 heavy (non-hydrogen) atoms. The van der Waals surface area contributed by atoms with E-state index < -0.39 is 6.23 Å². The normalized spacial score (nSPS) is 20.1. The summed E-state index contributed by atoms with van der Waals surface area (Å²) in [7, 11) is 0. The third-order valence-corrected chi connectivity index (χ3v) is 3.89. The molecule has 6 nitrogen and oxygen atoms in total. The topological polar surface area (TPSA) is 91.5 Å². The van der Waals surface area contributed by atoms with Gasteiger partial charge in [0.2, 0.25) is 6.23 Å². The zero-order valence-electron chi connectivity index (χ0n) is 12.7. The summed E-state index contributed by atoms with van der Waals surface area (Å²) >= 11 is 0. The molecule has 116 valence electrons. The number of aliphatic hydroxyl groups excluding tert-OH is 1. The highest BCUT2D eigenvalue weighted by molar-refractivity contribution is 5.83. The van der Waals surface area contributed by atoms with Gasteiger partial charge < -0.3 is 21.1 Å². The number of rotatable bonds is 4. The van der Waals surface area contributed by atoms with Crippen molar-refractivity contribution >= 4 is 17.4 Å². The number of likely N-dealkylation sites (tertiary alicyclic amines) is 1. The maximum atomic E-state index is 12.2. The minimum atomic E-state index is -1.24. The van der Waals surface area contributed by atoms with Crippen LogP contribution in [0.2, 0.25) is 0 Å². The quantitative estimate of drug-likeness (QED) is 0.726. The lowest BCUT2D eigenvalue weighted by Crippen LogP contribution is -2.47. The second-order valence-electron chi connectivity index (χ2n) is 5.70. The highest BCUT2D eigenvalue weighted by Gasteiger charge is 2.26. The fraction of sp³-hybridized carbons (Fsp3) is 0.600. The molecule has 1 aromatic rings. The van der Waals surface area contributed by atoms with Crippen molar-refractivity contribution in [1.29, 1.82) is 0 Å². The van der Waals surface area contributed by atoms with Crippen LogP contribution in [0.15, 0.2) is 12.3 Å². The number of anilines is 2. The van der Waals surface area contributed by atoms with Crippen LogP contribution in [0.3, 0.4) is 0 Å². The lowest BCUT2D eigenvalue weighted by atomic mass is 10.0. The van der Waals surface area contributed by atoms with Crippen LogP contribution in [-0.4, -0.2) is 40.2 Å². The monoisotopic (exact) mass is 292 g/mol. The second-order valence-corrected chi connectivity index (χ2v) is 5.70. The van der Waals surface area contributed by atoms with Crippen molar-refractivity contribution in [2.45, 2.75) is 39.3 Å². The number of pyridine rings is 1. The lowest BCUT2D eigenvalue weighted by molar-refractivity contribution is -0.140. The Kier molecular flexibility index (Phi) is 5.01. The number of nitrogens with two attached hydrogens (primary N) is 1. The van der Waals surface area contributed by atoms with Crippen LogP contribution in [0.1, 0.15) is 32.3 Å². The number of aromatic nitrogens is 1. The van der Waals surface area contributed by atoms with Crippen molar-refractivity contribution in [3.05, 3.63) is 17.8 Å². The standard InChI is InChI=1S/C15H24N4O2/c1-3-11-7-12(8-17-13(11)16)18-14(20)15(21)19-6-4-5-10(2)9-19/h7-8,10,14,18,20H,3-6,9H2,1-2H3,(H2,16,17)/t10-,14?/m0/s1. The van der Waals surface area contributed by atoms with E-state index in [1.807, 2.05) is 13.0 Å². The summed E-state index contributed by atoms with van der Waals surface area (Å²) in [4.78, 5) is 18.0. The number of nitrogens with one attached hydrogen (secondary N) is 1.